The highest BCUT2D eigenvalue weighted by Crippen LogP contribution is 2.19. The molecule has 0 aliphatic heterocycles. The van der Waals surface area contributed by atoms with E-state index in [4.69, 9.17) is 10.8 Å². The number of halogens is 1. The number of benzene rings is 2. The largest absolute Gasteiger partial charge is 0.478 e. The van der Waals surface area contributed by atoms with Crippen LogP contribution in [0.2, 0.25) is 0 Å². The lowest BCUT2D eigenvalue weighted by molar-refractivity contribution is -0.115. The number of nitrogens with two attached hydrogens (primary N) is 1. The van der Waals surface area contributed by atoms with Gasteiger partial charge in [-0.1, -0.05) is 12.1 Å². The number of carboxylic acids is 1. The Morgan fingerprint density at radius 3 is 2.43 bits per heavy atom. The molecule has 2 aromatic rings. The van der Waals surface area contributed by atoms with E-state index < -0.39 is 5.97 Å². The van der Waals surface area contributed by atoms with E-state index in [1.54, 1.807) is 36.4 Å². The molecular formula is C15H13IN2O3. The highest BCUT2D eigenvalue weighted by Gasteiger charge is 2.13. The number of anilines is 2. The van der Waals surface area contributed by atoms with Gasteiger partial charge in [-0.3, -0.25) is 4.79 Å². The van der Waals surface area contributed by atoms with Crippen LogP contribution in [0.25, 0.3) is 0 Å². The zero-order chi connectivity index (χ0) is 15.4. The number of carbonyl (C=O) groups is 2. The smallest absolute Gasteiger partial charge is 0.337 e. The Hall–Kier alpha value is -2.09. The normalized spacial score (nSPS) is 10.1. The maximum absolute atomic E-state index is 12.0. The van der Waals surface area contributed by atoms with Gasteiger partial charge in [0.15, 0.2) is 0 Å². The van der Waals surface area contributed by atoms with Crippen LogP contribution in [0.1, 0.15) is 15.9 Å². The van der Waals surface area contributed by atoms with Gasteiger partial charge >= 0.3 is 5.97 Å². The number of hydrogen-bond donors (Lipinski definition) is 3. The fourth-order valence-electron chi connectivity index (χ4n) is 1.82. The van der Waals surface area contributed by atoms with Crippen molar-refractivity contribution in [2.24, 2.45) is 0 Å². The maximum atomic E-state index is 12.0. The molecule has 0 saturated heterocycles. The zero-order valence-corrected chi connectivity index (χ0v) is 13.1. The summed E-state index contributed by atoms with van der Waals surface area (Å²) in [7, 11) is 0. The van der Waals surface area contributed by atoms with Gasteiger partial charge in [0.1, 0.15) is 0 Å². The molecule has 0 spiro atoms. The van der Waals surface area contributed by atoms with Gasteiger partial charge in [-0.2, -0.15) is 0 Å². The topological polar surface area (TPSA) is 92.4 Å². The molecule has 0 saturated carbocycles. The summed E-state index contributed by atoms with van der Waals surface area (Å²) in [5.41, 5.74) is 7.39. The summed E-state index contributed by atoms with van der Waals surface area (Å²) in [6, 6.07) is 11.8. The molecule has 5 nitrogen and oxygen atoms in total. The molecule has 2 rings (SSSR count). The summed E-state index contributed by atoms with van der Waals surface area (Å²) < 4.78 is 0.793. The van der Waals surface area contributed by atoms with Gasteiger partial charge in [0.05, 0.1) is 17.7 Å². The molecule has 0 bridgehead atoms. The first-order valence-electron chi connectivity index (χ1n) is 6.13. The van der Waals surface area contributed by atoms with Gasteiger partial charge < -0.3 is 16.2 Å². The molecule has 2 aromatic carbocycles. The van der Waals surface area contributed by atoms with Crippen LogP contribution in [-0.4, -0.2) is 17.0 Å². The Balaban J connectivity index is 2.12. The van der Waals surface area contributed by atoms with E-state index in [0.29, 0.717) is 11.4 Å². The monoisotopic (exact) mass is 396 g/mol. The van der Waals surface area contributed by atoms with Crippen LogP contribution >= 0.6 is 22.6 Å². The first-order valence-corrected chi connectivity index (χ1v) is 7.20. The molecule has 0 unspecified atom stereocenters. The standard InChI is InChI=1S/C15H13IN2O3/c16-10-3-6-13(12(8-10)15(20)21)18-14(19)7-9-1-4-11(17)5-2-9/h1-6,8H,7,17H2,(H,18,19)(H,20,21). The third-order valence-electron chi connectivity index (χ3n) is 2.83. The van der Waals surface area contributed by atoms with Crippen molar-refractivity contribution in [3.05, 3.63) is 57.2 Å². The van der Waals surface area contributed by atoms with E-state index in [-0.39, 0.29) is 17.9 Å². The minimum absolute atomic E-state index is 0.0764. The number of rotatable bonds is 4. The summed E-state index contributed by atoms with van der Waals surface area (Å²) in [6.07, 6.45) is 0.158. The van der Waals surface area contributed by atoms with Crippen molar-refractivity contribution in [3.63, 3.8) is 0 Å². The van der Waals surface area contributed by atoms with Crippen LogP contribution < -0.4 is 11.1 Å². The fourth-order valence-corrected chi connectivity index (χ4v) is 2.31. The van der Waals surface area contributed by atoms with E-state index in [1.165, 1.54) is 6.07 Å². The van der Waals surface area contributed by atoms with Crippen LogP contribution in [0.15, 0.2) is 42.5 Å². The predicted octanol–water partition coefficient (Wildman–Crippen LogP) is 2.75. The molecule has 0 aliphatic rings. The minimum Gasteiger partial charge on any atom is -0.478 e. The van der Waals surface area contributed by atoms with Crippen molar-refractivity contribution < 1.29 is 14.7 Å². The Kier molecular flexibility index (Phi) is 4.79. The minimum atomic E-state index is -1.07. The summed E-state index contributed by atoms with van der Waals surface area (Å²) >= 11 is 2.02. The van der Waals surface area contributed by atoms with Crippen LogP contribution in [0, 0.1) is 3.57 Å². The van der Waals surface area contributed by atoms with Gasteiger partial charge in [-0.15, -0.1) is 0 Å². The van der Waals surface area contributed by atoms with E-state index in [9.17, 15) is 9.59 Å². The molecule has 4 N–H and O–H groups in total. The molecule has 21 heavy (non-hydrogen) atoms. The SMILES string of the molecule is Nc1ccc(CC(=O)Nc2ccc(I)cc2C(=O)O)cc1. The van der Waals surface area contributed by atoms with Crippen LogP contribution in [-0.2, 0) is 11.2 Å². The number of carbonyl (C=O) groups excluding carboxylic acids is 1. The first kappa shape index (κ1) is 15.3. The average molecular weight is 396 g/mol. The van der Waals surface area contributed by atoms with Crippen molar-refractivity contribution in [2.75, 3.05) is 11.1 Å². The van der Waals surface area contributed by atoms with E-state index in [1.807, 2.05) is 22.6 Å². The Labute approximate surface area is 135 Å². The highest BCUT2D eigenvalue weighted by molar-refractivity contribution is 14.1. The second-order valence-corrected chi connectivity index (χ2v) is 5.71. The molecule has 108 valence electrons. The van der Waals surface area contributed by atoms with Gasteiger partial charge in [-0.25, -0.2) is 4.79 Å². The molecule has 6 heteroatoms. The number of amides is 1. The van der Waals surface area contributed by atoms with Crippen LogP contribution in [0.3, 0.4) is 0 Å². The van der Waals surface area contributed by atoms with Crippen molar-refractivity contribution in [3.8, 4) is 0 Å². The van der Waals surface area contributed by atoms with E-state index >= 15 is 0 Å². The second-order valence-electron chi connectivity index (χ2n) is 4.46. The molecule has 0 atom stereocenters. The quantitative estimate of drug-likeness (QED) is 0.548. The summed E-state index contributed by atoms with van der Waals surface area (Å²) in [5.74, 6) is -1.35. The summed E-state index contributed by atoms with van der Waals surface area (Å²) in [5, 5.41) is 11.8. The number of aromatic carboxylic acids is 1. The zero-order valence-electron chi connectivity index (χ0n) is 11.0. The van der Waals surface area contributed by atoms with Gasteiger partial charge in [-0.05, 0) is 58.5 Å². The fraction of sp³-hybridized carbons (Fsp3) is 0.0667. The maximum Gasteiger partial charge on any atom is 0.337 e. The Morgan fingerprint density at radius 2 is 1.81 bits per heavy atom. The van der Waals surface area contributed by atoms with Crippen molar-refractivity contribution in [2.45, 2.75) is 6.42 Å². The third-order valence-corrected chi connectivity index (χ3v) is 3.50. The number of carboxylic acid groups (broad SMARTS) is 1. The molecule has 0 aromatic heterocycles. The van der Waals surface area contributed by atoms with Gasteiger partial charge in [0.2, 0.25) is 5.91 Å². The lowest BCUT2D eigenvalue weighted by Crippen LogP contribution is -2.17. The van der Waals surface area contributed by atoms with Crippen LogP contribution in [0.4, 0.5) is 11.4 Å². The molecule has 0 heterocycles. The number of hydrogen-bond acceptors (Lipinski definition) is 3. The average Bonchev–Trinajstić information content (AvgIpc) is 2.43. The van der Waals surface area contributed by atoms with Crippen molar-refractivity contribution in [1.29, 1.82) is 0 Å². The van der Waals surface area contributed by atoms with Crippen LogP contribution in [0.5, 0.6) is 0 Å². The molecule has 0 fully saturated rings. The number of nitrogen functional groups attached to an aromatic ring is 1. The summed E-state index contributed by atoms with van der Waals surface area (Å²) in [6.45, 7) is 0. The third kappa shape index (κ3) is 4.19. The Morgan fingerprint density at radius 1 is 1.14 bits per heavy atom. The molecule has 0 radical (unpaired) electrons. The van der Waals surface area contributed by atoms with E-state index in [2.05, 4.69) is 5.32 Å². The Bertz CT molecular complexity index is 684. The predicted molar refractivity (Wildman–Crippen MR) is 89.3 cm³/mol. The molecule has 0 aliphatic carbocycles. The van der Waals surface area contributed by atoms with Crippen molar-refractivity contribution in [1.82, 2.24) is 0 Å². The summed E-state index contributed by atoms with van der Waals surface area (Å²) in [4.78, 5) is 23.2. The lowest BCUT2D eigenvalue weighted by Gasteiger charge is -2.09. The molecular weight excluding hydrogens is 383 g/mol. The van der Waals surface area contributed by atoms with E-state index in [0.717, 1.165) is 9.13 Å². The van der Waals surface area contributed by atoms with Gasteiger partial charge in [0.25, 0.3) is 0 Å². The number of nitrogens with one attached hydrogen (secondary N) is 1. The first-order chi connectivity index (χ1) is 9.95. The lowest BCUT2D eigenvalue weighted by atomic mass is 10.1. The highest BCUT2D eigenvalue weighted by atomic mass is 127. The second kappa shape index (κ2) is 6.57. The van der Waals surface area contributed by atoms with Crippen molar-refractivity contribution >= 4 is 45.8 Å². The van der Waals surface area contributed by atoms with Gasteiger partial charge in [0, 0.05) is 9.26 Å². The molecule has 1 amide bonds.